The van der Waals surface area contributed by atoms with Crippen LogP contribution in [-0.4, -0.2) is 61.4 Å². The molecule has 0 aromatic heterocycles. The van der Waals surface area contributed by atoms with Gasteiger partial charge in [0.15, 0.2) is 0 Å². The minimum atomic E-state index is 0.176. The van der Waals surface area contributed by atoms with Gasteiger partial charge in [0.1, 0.15) is 0 Å². The van der Waals surface area contributed by atoms with Crippen molar-refractivity contribution in [2.24, 2.45) is 0 Å². The summed E-state index contributed by atoms with van der Waals surface area (Å²) in [5, 5.41) is 0. The smallest absolute Gasteiger partial charge is 0.224 e. The van der Waals surface area contributed by atoms with E-state index in [4.69, 9.17) is 0 Å². The van der Waals surface area contributed by atoms with Crippen molar-refractivity contribution in [2.75, 3.05) is 44.2 Å². The van der Waals surface area contributed by atoms with Crippen LogP contribution in [0.5, 0.6) is 0 Å². The zero-order valence-electron chi connectivity index (χ0n) is 12.6. The molecule has 0 spiro atoms. The fourth-order valence-corrected chi connectivity index (χ4v) is 2.57. The van der Waals surface area contributed by atoms with E-state index in [-0.39, 0.29) is 5.91 Å². The van der Waals surface area contributed by atoms with Gasteiger partial charge >= 0.3 is 0 Å². The third-order valence-electron chi connectivity index (χ3n) is 3.91. The summed E-state index contributed by atoms with van der Waals surface area (Å²) in [7, 11) is 0. The molecule has 1 saturated heterocycles. The van der Waals surface area contributed by atoms with Crippen LogP contribution in [0.25, 0.3) is 0 Å². The van der Waals surface area contributed by atoms with Gasteiger partial charge in [-0.2, -0.15) is 0 Å². The molecular weight excluding hydrogens is 266 g/mol. The predicted molar refractivity (Wildman–Crippen MR) is 83.2 cm³/mol. The van der Waals surface area contributed by atoms with Crippen LogP contribution in [0.15, 0.2) is 30.3 Å². The molecule has 2 rings (SSSR count). The first-order chi connectivity index (χ1) is 10.2. The average molecular weight is 289 g/mol. The Morgan fingerprint density at radius 1 is 1.19 bits per heavy atom. The second kappa shape index (κ2) is 7.67. The molecule has 0 saturated carbocycles. The van der Waals surface area contributed by atoms with Crippen LogP contribution in [0.1, 0.15) is 13.3 Å². The number of carbonyl (C=O) groups excluding carboxylic acids is 2. The van der Waals surface area contributed by atoms with E-state index < -0.39 is 0 Å². The van der Waals surface area contributed by atoms with E-state index >= 15 is 0 Å². The van der Waals surface area contributed by atoms with Crippen LogP contribution in [0.3, 0.4) is 0 Å². The number of anilines is 1. The quantitative estimate of drug-likeness (QED) is 0.739. The Labute approximate surface area is 126 Å². The number of carbonyl (C=O) groups is 2. The van der Waals surface area contributed by atoms with Crippen molar-refractivity contribution in [1.29, 1.82) is 0 Å². The predicted octanol–water partition coefficient (Wildman–Crippen LogP) is 1.20. The van der Waals surface area contributed by atoms with Crippen molar-refractivity contribution in [2.45, 2.75) is 13.3 Å². The summed E-state index contributed by atoms with van der Waals surface area (Å²) in [6.07, 6.45) is 1.37. The van der Waals surface area contributed by atoms with E-state index in [1.807, 2.05) is 23.1 Å². The van der Waals surface area contributed by atoms with Crippen LogP contribution in [-0.2, 0) is 9.59 Å². The van der Waals surface area contributed by atoms with E-state index in [0.29, 0.717) is 32.6 Å². The van der Waals surface area contributed by atoms with E-state index in [1.165, 1.54) is 0 Å². The van der Waals surface area contributed by atoms with Gasteiger partial charge in [-0.3, -0.25) is 9.59 Å². The van der Waals surface area contributed by atoms with Crippen LogP contribution in [0.4, 0.5) is 5.69 Å². The number of hydrogen-bond acceptors (Lipinski definition) is 3. The van der Waals surface area contributed by atoms with Gasteiger partial charge in [0, 0.05) is 51.4 Å². The van der Waals surface area contributed by atoms with Crippen molar-refractivity contribution in [1.82, 2.24) is 9.80 Å². The third kappa shape index (κ3) is 4.21. The number of nitrogens with zero attached hydrogens (tertiary/aromatic N) is 3. The first-order valence-electron chi connectivity index (χ1n) is 7.51. The van der Waals surface area contributed by atoms with Crippen molar-refractivity contribution >= 4 is 18.0 Å². The van der Waals surface area contributed by atoms with Crippen molar-refractivity contribution < 1.29 is 9.59 Å². The van der Waals surface area contributed by atoms with Crippen molar-refractivity contribution in [3.63, 3.8) is 0 Å². The maximum Gasteiger partial charge on any atom is 0.224 e. The van der Waals surface area contributed by atoms with Gasteiger partial charge < -0.3 is 14.7 Å². The lowest BCUT2D eigenvalue weighted by atomic mass is 10.2. The Morgan fingerprint density at radius 2 is 1.86 bits per heavy atom. The van der Waals surface area contributed by atoms with Crippen LogP contribution >= 0.6 is 0 Å². The molecule has 5 nitrogen and oxygen atoms in total. The molecule has 0 atom stereocenters. The fourth-order valence-electron chi connectivity index (χ4n) is 2.57. The lowest BCUT2D eigenvalue weighted by molar-refractivity contribution is -0.134. The molecule has 21 heavy (non-hydrogen) atoms. The van der Waals surface area contributed by atoms with Crippen LogP contribution in [0.2, 0.25) is 0 Å². The number of rotatable bonds is 6. The molecule has 0 unspecified atom stereocenters. The van der Waals surface area contributed by atoms with E-state index in [9.17, 15) is 9.59 Å². The molecule has 0 radical (unpaired) electrons. The zero-order valence-corrected chi connectivity index (χ0v) is 12.6. The standard InChI is InChI=1S/C16H23N3O2/c1-2-18(15-6-4-3-5-7-15)9-8-16(21)19-12-10-17(14-20)11-13-19/h3-7,14H,2,8-13H2,1H3. The maximum absolute atomic E-state index is 12.2. The minimum absolute atomic E-state index is 0.176. The Hall–Kier alpha value is -2.04. The number of amides is 2. The molecule has 1 fully saturated rings. The summed E-state index contributed by atoms with van der Waals surface area (Å²) in [5.41, 5.74) is 1.15. The monoisotopic (exact) mass is 289 g/mol. The van der Waals surface area contributed by atoms with Gasteiger partial charge in [0.2, 0.25) is 12.3 Å². The summed E-state index contributed by atoms with van der Waals surface area (Å²) in [4.78, 5) is 28.7. The Bertz CT molecular complexity index is 456. The Balaban J connectivity index is 1.81. The zero-order chi connectivity index (χ0) is 15.1. The normalized spacial score (nSPS) is 14.9. The lowest BCUT2D eigenvalue weighted by Crippen LogP contribution is -2.48. The molecule has 1 aromatic carbocycles. The molecule has 5 heteroatoms. The van der Waals surface area contributed by atoms with Gasteiger partial charge in [0.05, 0.1) is 0 Å². The van der Waals surface area contributed by atoms with Gasteiger partial charge in [-0.1, -0.05) is 18.2 Å². The number of hydrogen-bond donors (Lipinski definition) is 0. The summed E-state index contributed by atoms with van der Waals surface area (Å²) in [6, 6.07) is 10.2. The Morgan fingerprint density at radius 3 is 2.43 bits per heavy atom. The molecule has 1 aromatic rings. The van der Waals surface area contributed by atoms with E-state index in [1.54, 1.807) is 4.90 Å². The van der Waals surface area contributed by atoms with E-state index in [2.05, 4.69) is 24.0 Å². The van der Waals surface area contributed by atoms with Gasteiger partial charge in [0.25, 0.3) is 0 Å². The van der Waals surface area contributed by atoms with Crippen molar-refractivity contribution in [3.8, 4) is 0 Å². The number of piperazine rings is 1. The van der Waals surface area contributed by atoms with Crippen LogP contribution < -0.4 is 4.90 Å². The van der Waals surface area contributed by atoms with Crippen molar-refractivity contribution in [3.05, 3.63) is 30.3 Å². The highest BCUT2D eigenvalue weighted by molar-refractivity contribution is 5.77. The summed E-state index contributed by atoms with van der Waals surface area (Å²) in [5.74, 6) is 0.176. The highest BCUT2D eigenvalue weighted by Gasteiger charge is 2.20. The highest BCUT2D eigenvalue weighted by atomic mass is 16.2. The lowest BCUT2D eigenvalue weighted by Gasteiger charge is -2.33. The molecule has 1 aliphatic heterocycles. The second-order valence-electron chi connectivity index (χ2n) is 5.19. The topological polar surface area (TPSA) is 43.9 Å². The molecule has 114 valence electrons. The summed E-state index contributed by atoms with van der Waals surface area (Å²) in [6.45, 7) is 6.30. The molecule has 1 aliphatic rings. The SMILES string of the molecule is CCN(CCC(=O)N1CCN(C=O)CC1)c1ccccc1. The van der Waals surface area contributed by atoms with Gasteiger partial charge in [-0.15, -0.1) is 0 Å². The highest BCUT2D eigenvalue weighted by Crippen LogP contribution is 2.13. The summed E-state index contributed by atoms with van der Waals surface area (Å²) >= 11 is 0. The maximum atomic E-state index is 12.2. The molecule has 2 amide bonds. The fraction of sp³-hybridized carbons (Fsp3) is 0.500. The second-order valence-corrected chi connectivity index (χ2v) is 5.19. The Kier molecular flexibility index (Phi) is 5.60. The van der Waals surface area contributed by atoms with Crippen LogP contribution in [0, 0.1) is 0 Å². The van der Waals surface area contributed by atoms with E-state index in [0.717, 1.165) is 25.2 Å². The summed E-state index contributed by atoms with van der Waals surface area (Å²) < 4.78 is 0. The average Bonchev–Trinajstić information content (AvgIpc) is 2.56. The first kappa shape index (κ1) is 15.4. The molecule has 0 bridgehead atoms. The number of para-hydroxylation sites is 1. The first-order valence-corrected chi connectivity index (χ1v) is 7.51. The van der Waals surface area contributed by atoms with Gasteiger partial charge in [-0.05, 0) is 19.1 Å². The van der Waals surface area contributed by atoms with Gasteiger partial charge in [-0.25, -0.2) is 0 Å². The third-order valence-corrected chi connectivity index (χ3v) is 3.91. The number of benzene rings is 1. The molecule has 0 N–H and O–H groups in total. The minimum Gasteiger partial charge on any atom is -0.371 e. The largest absolute Gasteiger partial charge is 0.371 e. The molecule has 1 heterocycles. The molecular formula is C16H23N3O2. The molecule has 0 aliphatic carbocycles.